The number of carboxylic acid groups (broad SMARTS) is 1. The monoisotopic (exact) mass is 275 g/mol. The zero-order chi connectivity index (χ0) is 14.5. The molecule has 7 heteroatoms. The lowest BCUT2D eigenvalue weighted by Crippen LogP contribution is -2.42. The minimum Gasteiger partial charge on any atom is -0.480 e. The summed E-state index contributed by atoms with van der Waals surface area (Å²) in [7, 11) is 0. The topological polar surface area (TPSA) is 105 Å². The molecular weight excluding hydrogens is 262 g/mol. The van der Waals surface area contributed by atoms with Gasteiger partial charge < -0.3 is 14.9 Å². The maximum atomic E-state index is 11.8. The Bertz CT molecular complexity index is 609. The van der Waals surface area contributed by atoms with Gasteiger partial charge in [0.25, 0.3) is 11.7 Å². The number of rotatable bonds is 5. The van der Waals surface area contributed by atoms with Gasteiger partial charge in [0.1, 0.15) is 6.04 Å². The number of aliphatic carboxylic acids is 1. The first-order chi connectivity index (χ1) is 9.56. The first-order valence-corrected chi connectivity index (χ1v) is 5.94. The highest BCUT2D eigenvalue weighted by atomic mass is 16.5. The fourth-order valence-corrected chi connectivity index (χ4v) is 1.66. The lowest BCUT2D eigenvalue weighted by Gasteiger charge is -2.13. The summed E-state index contributed by atoms with van der Waals surface area (Å²) in [5.74, 6) is -1.74. The number of benzene rings is 1. The normalized spacial score (nSPS) is 11.8. The summed E-state index contributed by atoms with van der Waals surface area (Å²) in [6.45, 7) is 1.54. The van der Waals surface area contributed by atoms with Crippen molar-refractivity contribution in [2.45, 2.75) is 19.4 Å². The number of carboxylic acids is 1. The van der Waals surface area contributed by atoms with Crippen LogP contribution in [0.25, 0.3) is 0 Å². The fourth-order valence-electron chi connectivity index (χ4n) is 1.66. The lowest BCUT2D eigenvalue weighted by atomic mass is 10.1. The summed E-state index contributed by atoms with van der Waals surface area (Å²) < 4.78 is 4.68. The molecule has 0 saturated heterocycles. The number of hydrogen-bond donors (Lipinski definition) is 2. The summed E-state index contributed by atoms with van der Waals surface area (Å²) in [6, 6.07) is 7.97. The molecule has 0 bridgehead atoms. The van der Waals surface area contributed by atoms with Crippen LogP contribution < -0.4 is 5.32 Å². The molecule has 0 spiro atoms. The van der Waals surface area contributed by atoms with E-state index in [1.807, 2.05) is 6.07 Å². The van der Waals surface area contributed by atoms with Gasteiger partial charge in [-0.05, 0) is 5.56 Å². The second-order valence-corrected chi connectivity index (χ2v) is 4.19. The van der Waals surface area contributed by atoms with Gasteiger partial charge in [0, 0.05) is 13.3 Å². The van der Waals surface area contributed by atoms with Gasteiger partial charge in [-0.15, -0.1) is 0 Å². The third-order valence-corrected chi connectivity index (χ3v) is 2.62. The average Bonchev–Trinajstić information content (AvgIpc) is 2.86. The molecule has 104 valence electrons. The zero-order valence-corrected chi connectivity index (χ0v) is 10.7. The van der Waals surface area contributed by atoms with Crippen LogP contribution in [0.5, 0.6) is 0 Å². The number of nitrogens with one attached hydrogen (secondary N) is 1. The van der Waals surface area contributed by atoms with Crippen LogP contribution in [0.1, 0.15) is 22.1 Å². The van der Waals surface area contributed by atoms with Gasteiger partial charge >= 0.3 is 5.97 Å². The molecule has 1 amide bonds. The molecule has 1 aromatic heterocycles. The average molecular weight is 275 g/mol. The molecule has 20 heavy (non-hydrogen) atoms. The maximum absolute atomic E-state index is 11.8. The van der Waals surface area contributed by atoms with Gasteiger partial charge in [0.15, 0.2) is 0 Å². The van der Waals surface area contributed by atoms with Gasteiger partial charge in [0.05, 0.1) is 0 Å². The third kappa shape index (κ3) is 3.41. The molecule has 2 N–H and O–H groups in total. The molecule has 0 unspecified atom stereocenters. The summed E-state index contributed by atoms with van der Waals surface area (Å²) >= 11 is 0. The summed E-state index contributed by atoms with van der Waals surface area (Å²) in [6.07, 6.45) is 0.179. The smallest absolute Gasteiger partial charge is 0.326 e. The molecule has 1 heterocycles. The number of carbonyl (C=O) groups excluding carboxylic acids is 1. The van der Waals surface area contributed by atoms with Gasteiger partial charge in [0.2, 0.25) is 5.89 Å². The van der Waals surface area contributed by atoms with E-state index >= 15 is 0 Å². The highest BCUT2D eigenvalue weighted by Crippen LogP contribution is 2.04. The maximum Gasteiger partial charge on any atom is 0.326 e. The van der Waals surface area contributed by atoms with E-state index in [2.05, 4.69) is 20.0 Å². The van der Waals surface area contributed by atoms with Gasteiger partial charge in [-0.2, -0.15) is 4.98 Å². The SMILES string of the molecule is Cc1nc(C(=O)N[C@@H](Cc2ccccc2)C(=O)O)no1. The van der Waals surface area contributed by atoms with E-state index in [0.717, 1.165) is 5.56 Å². The number of carbonyl (C=O) groups is 2. The largest absolute Gasteiger partial charge is 0.480 e. The standard InChI is InChI=1S/C13H13N3O4/c1-8-14-11(16-20-8)12(17)15-10(13(18)19)7-9-5-3-2-4-6-9/h2-6,10H,7H2,1H3,(H,15,17)(H,18,19)/t10-/m0/s1. The van der Waals surface area contributed by atoms with Crippen LogP contribution in [-0.2, 0) is 11.2 Å². The van der Waals surface area contributed by atoms with Crippen molar-refractivity contribution in [3.63, 3.8) is 0 Å². The molecular formula is C13H13N3O4. The van der Waals surface area contributed by atoms with E-state index in [9.17, 15) is 9.59 Å². The van der Waals surface area contributed by atoms with Crippen molar-refractivity contribution in [1.82, 2.24) is 15.5 Å². The van der Waals surface area contributed by atoms with Gasteiger partial charge in [-0.25, -0.2) is 4.79 Å². The number of aryl methyl sites for hydroxylation is 1. The zero-order valence-electron chi connectivity index (χ0n) is 10.7. The van der Waals surface area contributed by atoms with Crippen molar-refractivity contribution < 1.29 is 19.2 Å². The first kappa shape index (κ1) is 13.7. The van der Waals surface area contributed by atoms with E-state index in [1.165, 1.54) is 0 Å². The Morgan fingerprint density at radius 2 is 2.05 bits per heavy atom. The number of hydrogen-bond acceptors (Lipinski definition) is 5. The van der Waals surface area contributed by atoms with Crippen LogP contribution in [0.15, 0.2) is 34.9 Å². The van der Waals surface area contributed by atoms with Crippen LogP contribution in [0.4, 0.5) is 0 Å². The predicted molar refractivity (Wildman–Crippen MR) is 68.1 cm³/mol. The molecule has 0 aliphatic carbocycles. The van der Waals surface area contributed by atoms with Crippen LogP contribution in [0, 0.1) is 6.92 Å². The molecule has 7 nitrogen and oxygen atoms in total. The Hall–Kier alpha value is -2.70. The second kappa shape index (κ2) is 5.96. The molecule has 1 atom stereocenters. The van der Waals surface area contributed by atoms with Crippen LogP contribution >= 0.6 is 0 Å². The predicted octanol–water partition coefficient (Wildman–Crippen LogP) is 0.804. The number of amides is 1. The highest BCUT2D eigenvalue weighted by Gasteiger charge is 2.23. The Labute approximate surface area is 114 Å². The van der Waals surface area contributed by atoms with Gasteiger partial charge in [-0.3, -0.25) is 4.79 Å². The summed E-state index contributed by atoms with van der Waals surface area (Å²) in [5.41, 5.74) is 0.810. The van der Waals surface area contributed by atoms with Crippen molar-refractivity contribution in [3.05, 3.63) is 47.6 Å². The summed E-state index contributed by atoms with van der Waals surface area (Å²) in [4.78, 5) is 26.7. The van der Waals surface area contributed by atoms with E-state index < -0.39 is 17.9 Å². The van der Waals surface area contributed by atoms with E-state index in [4.69, 9.17) is 5.11 Å². The Morgan fingerprint density at radius 3 is 2.60 bits per heavy atom. The van der Waals surface area contributed by atoms with Crippen molar-refractivity contribution in [3.8, 4) is 0 Å². The van der Waals surface area contributed by atoms with Crippen LogP contribution in [-0.4, -0.2) is 33.2 Å². The van der Waals surface area contributed by atoms with Crippen molar-refractivity contribution in [1.29, 1.82) is 0 Å². The minimum atomic E-state index is -1.12. The third-order valence-electron chi connectivity index (χ3n) is 2.62. The second-order valence-electron chi connectivity index (χ2n) is 4.19. The quantitative estimate of drug-likeness (QED) is 0.836. The Kier molecular flexibility index (Phi) is 4.09. The number of nitrogens with zero attached hydrogens (tertiary/aromatic N) is 2. The molecule has 1 aromatic carbocycles. The Morgan fingerprint density at radius 1 is 1.35 bits per heavy atom. The van der Waals surface area contributed by atoms with Crippen molar-refractivity contribution in [2.75, 3.05) is 0 Å². The molecule has 2 rings (SSSR count). The minimum absolute atomic E-state index is 0.179. The van der Waals surface area contributed by atoms with Crippen molar-refractivity contribution >= 4 is 11.9 Å². The van der Waals surface area contributed by atoms with Crippen LogP contribution in [0.2, 0.25) is 0 Å². The van der Waals surface area contributed by atoms with E-state index in [0.29, 0.717) is 0 Å². The Balaban J connectivity index is 2.06. The molecule has 0 aliphatic heterocycles. The lowest BCUT2D eigenvalue weighted by molar-refractivity contribution is -0.139. The molecule has 0 fully saturated rings. The van der Waals surface area contributed by atoms with Crippen molar-refractivity contribution in [2.24, 2.45) is 0 Å². The highest BCUT2D eigenvalue weighted by molar-refractivity contribution is 5.93. The van der Waals surface area contributed by atoms with Gasteiger partial charge in [-0.1, -0.05) is 35.5 Å². The van der Waals surface area contributed by atoms with E-state index in [-0.39, 0.29) is 18.1 Å². The molecule has 2 aromatic rings. The van der Waals surface area contributed by atoms with Crippen LogP contribution in [0.3, 0.4) is 0 Å². The summed E-state index contributed by atoms with van der Waals surface area (Å²) in [5, 5.41) is 15.0. The van der Waals surface area contributed by atoms with E-state index in [1.54, 1.807) is 31.2 Å². The fraction of sp³-hybridized carbons (Fsp3) is 0.231. The molecule has 0 saturated carbocycles. The number of aromatic nitrogens is 2. The first-order valence-electron chi connectivity index (χ1n) is 5.94. The molecule has 0 aliphatic rings. The molecule has 0 radical (unpaired) electrons.